The smallest absolute Gasteiger partial charge is 0.341 e. The Morgan fingerprint density at radius 1 is 1.23 bits per heavy atom. The highest BCUT2D eigenvalue weighted by Crippen LogP contribution is 2.38. The number of allylic oxidation sites excluding steroid dienone is 2. The summed E-state index contributed by atoms with van der Waals surface area (Å²) in [4.78, 5) is 37.3. The molecule has 0 aromatic heterocycles. The number of esters is 1. The van der Waals surface area contributed by atoms with Gasteiger partial charge < -0.3 is 20.1 Å². The number of carbonyl (C=O) groups is 3. The lowest BCUT2D eigenvalue weighted by atomic mass is 9.87. The molecule has 166 valence electrons. The van der Waals surface area contributed by atoms with Crippen molar-refractivity contribution in [1.82, 2.24) is 4.90 Å². The summed E-state index contributed by atoms with van der Waals surface area (Å²) in [5, 5.41) is 11.8. The van der Waals surface area contributed by atoms with Crippen molar-refractivity contribution in [2.75, 3.05) is 19.4 Å². The molecular weight excluding hydrogens is 396 g/mol. The van der Waals surface area contributed by atoms with Gasteiger partial charge in [-0.3, -0.25) is 4.79 Å². The lowest BCUT2D eigenvalue weighted by Crippen LogP contribution is -2.29. The van der Waals surface area contributed by atoms with Crippen LogP contribution in [0.1, 0.15) is 65.7 Å². The summed E-state index contributed by atoms with van der Waals surface area (Å²) < 4.78 is 5.29. The SMILES string of the molecule is CCC#CCc1c(C)c2c(c(NC(=O)N(C)C)c1CC=C(C)CCC(=O)O)C(=O)OC2. The third-order valence-corrected chi connectivity index (χ3v) is 5.27. The van der Waals surface area contributed by atoms with Crippen LogP contribution in [0.2, 0.25) is 0 Å². The Balaban J connectivity index is 2.63. The molecule has 0 saturated heterocycles. The van der Waals surface area contributed by atoms with E-state index in [0.29, 0.717) is 30.5 Å². The van der Waals surface area contributed by atoms with E-state index in [-0.39, 0.29) is 19.1 Å². The second kappa shape index (κ2) is 10.7. The van der Waals surface area contributed by atoms with Crippen LogP contribution in [-0.4, -0.2) is 42.1 Å². The van der Waals surface area contributed by atoms with E-state index in [0.717, 1.165) is 34.2 Å². The van der Waals surface area contributed by atoms with Crippen LogP contribution < -0.4 is 5.32 Å². The molecule has 1 aliphatic rings. The minimum atomic E-state index is -0.849. The number of nitrogens with one attached hydrogen (secondary N) is 1. The van der Waals surface area contributed by atoms with Gasteiger partial charge in [-0.15, -0.1) is 5.92 Å². The number of ether oxygens (including phenoxy) is 1. The summed E-state index contributed by atoms with van der Waals surface area (Å²) in [6.45, 7) is 5.98. The monoisotopic (exact) mass is 426 g/mol. The summed E-state index contributed by atoms with van der Waals surface area (Å²) in [5.41, 5.74) is 5.28. The highest BCUT2D eigenvalue weighted by atomic mass is 16.5. The average Bonchev–Trinajstić information content (AvgIpc) is 3.10. The molecule has 0 atom stereocenters. The topological polar surface area (TPSA) is 95.9 Å². The summed E-state index contributed by atoms with van der Waals surface area (Å²) in [6, 6.07) is -0.343. The maximum Gasteiger partial charge on any atom is 0.341 e. The average molecular weight is 427 g/mol. The fourth-order valence-corrected chi connectivity index (χ4v) is 3.44. The van der Waals surface area contributed by atoms with Gasteiger partial charge in [0.25, 0.3) is 0 Å². The number of urea groups is 1. The first-order valence-electron chi connectivity index (χ1n) is 10.3. The van der Waals surface area contributed by atoms with Crippen LogP contribution in [0, 0.1) is 18.8 Å². The lowest BCUT2D eigenvalue weighted by Gasteiger charge is -2.21. The molecule has 1 aromatic rings. The quantitative estimate of drug-likeness (QED) is 0.389. The van der Waals surface area contributed by atoms with Crippen LogP contribution in [0.15, 0.2) is 11.6 Å². The molecule has 1 aliphatic heterocycles. The van der Waals surface area contributed by atoms with E-state index in [4.69, 9.17) is 9.84 Å². The summed E-state index contributed by atoms with van der Waals surface area (Å²) in [5.74, 6) is 4.95. The predicted octanol–water partition coefficient (Wildman–Crippen LogP) is 4.07. The second-order valence-corrected chi connectivity index (χ2v) is 7.74. The van der Waals surface area contributed by atoms with Gasteiger partial charge in [0.1, 0.15) is 6.61 Å². The number of aliphatic carboxylic acids is 1. The van der Waals surface area contributed by atoms with Gasteiger partial charge in [-0.05, 0) is 43.4 Å². The molecule has 0 bridgehead atoms. The van der Waals surface area contributed by atoms with Gasteiger partial charge >= 0.3 is 18.0 Å². The Kier molecular flexibility index (Phi) is 8.26. The molecule has 1 aromatic carbocycles. The van der Waals surface area contributed by atoms with E-state index in [1.54, 1.807) is 14.1 Å². The number of anilines is 1. The summed E-state index contributed by atoms with van der Waals surface area (Å²) in [7, 11) is 3.26. The molecule has 0 radical (unpaired) electrons. The van der Waals surface area contributed by atoms with E-state index < -0.39 is 11.9 Å². The number of hydrogen-bond acceptors (Lipinski definition) is 4. The molecule has 0 aliphatic carbocycles. The van der Waals surface area contributed by atoms with Gasteiger partial charge in [0.05, 0.1) is 11.3 Å². The second-order valence-electron chi connectivity index (χ2n) is 7.74. The van der Waals surface area contributed by atoms with E-state index in [9.17, 15) is 14.4 Å². The maximum atomic E-state index is 12.5. The zero-order valence-corrected chi connectivity index (χ0v) is 18.8. The Hall–Kier alpha value is -3.27. The molecule has 31 heavy (non-hydrogen) atoms. The number of benzene rings is 1. The van der Waals surface area contributed by atoms with Crippen molar-refractivity contribution in [2.24, 2.45) is 0 Å². The minimum Gasteiger partial charge on any atom is -0.481 e. The first-order chi connectivity index (χ1) is 14.7. The van der Waals surface area contributed by atoms with Gasteiger partial charge in [-0.1, -0.05) is 24.5 Å². The zero-order chi connectivity index (χ0) is 23.1. The van der Waals surface area contributed by atoms with Crippen molar-refractivity contribution in [3.8, 4) is 11.8 Å². The van der Waals surface area contributed by atoms with Crippen LogP contribution in [0.25, 0.3) is 0 Å². The molecule has 0 fully saturated rings. The zero-order valence-electron chi connectivity index (χ0n) is 18.8. The molecule has 7 nitrogen and oxygen atoms in total. The summed E-state index contributed by atoms with van der Waals surface area (Å²) in [6.07, 6.45) is 4.11. The van der Waals surface area contributed by atoms with Crippen molar-refractivity contribution in [2.45, 2.75) is 59.5 Å². The predicted molar refractivity (Wildman–Crippen MR) is 119 cm³/mol. The molecule has 2 N–H and O–H groups in total. The van der Waals surface area contributed by atoms with Gasteiger partial charge in [0.15, 0.2) is 0 Å². The van der Waals surface area contributed by atoms with Crippen molar-refractivity contribution >= 4 is 23.7 Å². The molecule has 7 heteroatoms. The van der Waals surface area contributed by atoms with E-state index in [1.807, 2.05) is 26.8 Å². The van der Waals surface area contributed by atoms with Crippen LogP contribution in [0.5, 0.6) is 0 Å². The first-order valence-corrected chi connectivity index (χ1v) is 10.3. The van der Waals surface area contributed by atoms with Crippen LogP contribution >= 0.6 is 0 Å². The van der Waals surface area contributed by atoms with E-state index in [1.165, 1.54) is 4.90 Å². The van der Waals surface area contributed by atoms with Gasteiger partial charge in [-0.25, -0.2) is 9.59 Å². The van der Waals surface area contributed by atoms with Crippen molar-refractivity contribution < 1.29 is 24.2 Å². The molecular formula is C24H30N2O5. The number of rotatable bonds is 7. The van der Waals surface area contributed by atoms with Crippen LogP contribution in [0.3, 0.4) is 0 Å². The molecule has 2 rings (SSSR count). The number of fused-ring (bicyclic) bond motifs is 1. The fourth-order valence-electron chi connectivity index (χ4n) is 3.44. The van der Waals surface area contributed by atoms with Gasteiger partial charge in [-0.2, -0.15) is 0 Å². The molecule has 2 amide bonds. The molecule has 0 spiro atoms. The summed E-state index contributed by atoms with van der Waals surface area (Å²) >= 11 is 0. The lowest BCUT2D eigenvalue weighted by molar-refractivity contribution is -0.136. The van der Waals surface area contributed by atoms with E-state index >= 15 is 0 Å². The molecule has 0 unspecified atom stereocenters. The molecule has 1 heterocycles. The Morgan fingerprint density at radius 3 is 2.55 bits per heavy atom. The van der Waals surface area contributed by atoms with Gasteiger partial charge in [0.2, 0.25) is 0 Å². The Bertz CT molecular complexity index is 980. The van der Waals surface area contributed by atoms with E-state index in [2.05, 4.69) is 17.2 Å². The van der Waals surface area contributed by atoms with Crippen molar-refractivity contribution in [1.29, 1.82) is 0 Å². The number of cyclic esters (lactones) is 1. The highest BCUT2D eigenvalue weighted by Gasteiger charge is 2.32. The molecule has 0 saturated carbocycles. The van der Waals surface area contributed by atoms with Crippen LogP contribution in [0.4, 0.5) is 10.5 Å². The Morgan fingerprint density at radius 2 is 1.94 bits per heavy atom. The largest absolute Gasteiger partial charge is 0.481 e. The third kappa shape index (κ3) is 5.88. The number of hydrogen-bond donors (Lipinski definition) is 2. The normalized spacial score (nSPS) is 12.5. The minimum absolute atomic E-state index is 0.0525. The first kappa shape index (κ1) is 24.0. The highest BCUT2D eigenvalue weighted by molar-refractivity contribution is 6.05. The number of carbonyl (C=O) groups excluding carboxylic acids is 2. The Labute approximate surface area is 183 Å². The van der Waals surface area contributed by atoms with Gasteiger partial charge in [0, 0.05) is 38.9 Å². The fraction of sp³-hybridized carbons (Fsp3) is 0.458. The van der Waals surface area contributed by atoms with Crippen LogP contribution in [-0.2, 0) is 29.0 Å². The number of amides is 2. The number of carboxylic acids is 1. The number of nitrogens with zero attached hydrogens (tertiary/aromatic N) is 1. The standard InChI is InChI=1S/C24H30N2O5/c1-6-7-8-9-17-16(3)19-14-31-23(29)21(19)22(25-24(30)26(4)5)18(17)12-10-15(2)11-13-20(27)28/h10H,6,9,11-14H2,1-5H3,(H,25,30)(H,27,28). The number of carboxylic acid groups (broad SMARTS) is 1. The third-order valence-electron chi connectivity index (χ3n) is 5.27. The van der Waals surface area contributed by atoms with Crippen molar-refractivity contribution in [3.63, 3.8) is 0 Å². The van der Waals surface area contributed by atoms with Crippen molar-refractivity contribution in [3.05, 3.63) is 39.5 Å². The maximum absolute atomic E-state index is 12.5.